The van der Waals surface area contributed by atoms with E-state index in [1.54, 1.807) is 19.1 Å². The smallest absolute Gasteiger partial charge is 0.263 e. The summed E-state index contributed by atoms with van der Waals surface area (Å²) >= 11 is 7.36. The number of amides is 2. The molecule has 0 radical (unpaired) electrons. The predicted octanol–water partition coefficient (Wildman–Crippen LogP) is 2.13. The molecule has 5 nitrogen and oxygen atoms in total. The van der Waals surface area contributed by atoms with Gasteiger partial charge in [-0.3, -0.25) is 9.59 Å². The molecule has 20 heavy (non-hydrogen) atoms. The number of hydrogen-bond acceptors (Lipinski definition) is 4. The van der Waals surface area contributed by atoms with Gasteiger partial charge in [-0.2, -0.15) is 0 Å². The highest BCUT2D eigenvalue weighted by Crippen LogP contribution is 2.37. The van der Waals surface area contributed by atoms with Crippen molar-refractivity contribution < 1.29 is 9.59 Å². The van der Waals surface area contributed by atoms with Crippen LogP contribution in [0.4, 0.5) is 5.69 Å². The number of benzene rings is 1. The van der Waals surface area contributed by atoms with Gasteiger partial charge in [-0.1, -0.05) is 17.7 Å². The zero-order valence-corrected chi connectivity index (χ0v) is 12.3. The number of nitrogens with one attached hydrogen (secondary N) is 1. The number of hydrogen-bond donors (Lipinski definition) is 3. The number of halogens is 1. The molecule has 0 bridgehead atoms. The van der Waals surface area contributed by atoms with Gasteiger partial charge in [0.15, 0.2) is 0 Å². The van der Waals surface area contributed by atoms with Crippen molar-refractivity contribution in [2.75, 3.05) is 5.73 Å². The molecule has 5 N–H and O–H groups in total. The van der Waals surface area contributed by atoms with Gasteiger partial charge in [-0.05, 0) is 19.1 Å². The quantitative estimate of drug-likeness (QED) is 0.806. The van der Waals surface area contributed by atoms with Gasteiger partial charge < -0.3 is 16.8 Å². The number of nitrogen functional groups attached to an aromatic ring is 1. The lowest BCUT2D eigenvalue weighted by Crippen LogP contribution is -2.35. The van der Waals surface area contributed by atoms with Crippen LogP contribution in [0.2, 0.25) is 5.02 Å². The number of nitrogens with two attached hydrogens (primary N) is 2. The van der Waals surface area contributed by atoms with Crippen LogP contribution in [0.3, 0.4) is 0 Å². The van der Waals surface area contributed by atoms with Crippen molar-refractivity contribution in [1.29, 1.82) is 0 Å². The van der Waals surface area contributed by atoms with E-state index in [2.05, 4.69) is 5.32 Å². The van der Waals surface area contributed by atoms with E-state index in [4.69, 9.17) is 23.1 Å². The first-order valence-electron chi connectivity index (χ1n) is 5.95. The van der Waals surface area contributed by atoms with Crippen molar-refractivity contribution in [2.45, 2.75) is 19.4 Å². The Hall–Kier alpha value is -1.79. The molecule has 0 aliphatic heterocycles. The number of rotatable bonds is 4. The zero-order chi connectivity index (χ0) is 14.9. The highest BCUT2D eigenvalue weighted by atomic mass is 35.5. The molecule has 2 rings (SSSR count). The fraction of sp³-hybridized carbons (Fsp3) is 0.231. The van der Waals surface area contributed by atoms with E-state index in [-0.39, 0.29) is 18.4 Å². The molecule has 0 aliphatic carbocycles. The number of fused-ring (bicyclic) bond motifs is 1. The Morgan fingerprint density at radius 1 is 1.45 bits per heavy atom. The van der Waals surface area contributed by atoms with Crippen LogP contribution in [0.15, 0.2) is 18.2 Å². The normalized spacial score (nSPS) is 12.3. The number of thiophene rings is 1. The van der Waals surface area contributed by atoms with E-state index in [1.807, 2.05) is 6.07 Å². The second-order valence-electron chi connectivity index (χ2n) is 4.50. The van der Waals surface area contributed by atoms with E-state index in [0.717, 1.165) is 4.70 Å². The summed E-state index contributed by atoms with van der Waals surface area (Å²) in [5, 5.41) is 3.90. The topological polar surface area (TPSA) is 98.2 Å². The SMILES string of the molecule is CC(CC(N)=O)NC(=O)c1sc2cccc(Cl)c2c1N. The van der Waals surface area contributed by atoms with Crippen LogP contribution < -0.4 is 16.8 Å². The minimum Gasteiger partial charge on any atom is -0.397 e. The molecule has 1 atom stereocenters. The molecule has 2 amide bonds. The van der Waals surface area contributed by atoms with Crippen molar-refractivity contribution in [1.82, 2.24) is 5.32 Å². The molecule has 106 valence electrons. The maximum absolute atomic E-state index is 12.2. The Labute approximate surface area is 124 Å². The van der Waals surface area contributed by atoms with Crippen LogP contribution in [0.5, 0.6) is 0 Å². The van der Waals surface area contributed by atoms with Gasteiger partial charge in [0.05, 0.1) is 10.7 Å². The molecule has 1 aromatic carbocycles. The average molecular weight is 312 g/mol. The molecule has 1 unspecified atom stereocenters. The molecule has 0 spiro atoms. The van der Waals surface area contributed by atoms with E-state index in [0.29, 0.717) is 21.0 Å². The summed E-state index contributed by atoms with van der Waals surface area (Å²) in [5.74, 6) is -0.793. The molecule has 1 heterocycles. The second kappa shape index (κ2) is 5.68. The lowest BCUT2D eigenvalue weighted by atomic mass is 10.2. The van der Waals surface area contributed by atoms with Gasteiger partial charge in [0.25, 0.3) is 5.91 Å². The first-order valence-corrected chi connectivity index (χ1v) is 7.15. The zero-order valence-electron chi connectivity index (χ0n) is 10.8. The Morgan fingerprint density at radius 3 is 2.75 bits per heavy atom. The van der Waals surface area contributed by atoms with Gasteiger partial charge in [0.1, 0.15) is 4.88 Å². The lowest BCUT2D eigenvalue weighted by molar-refractivity contribution is -0.118. The summed E-state index contributed by atoms with van der Waals surface area (Å²) in [6, 6.07) is 5.04. The summed E-state index contributed by atoms with van der Waals surface area (Å²) in [6.07, 6.45) is 0.0807. The Morgan fingerprint density at radius 2 is 2.15 bits per heavy atom. The van der Waals surface area contributed by atoms with Crippen molar-refractivity contribution in [3.63, 3.8) is 0 Å². The molecule has 2 aromatic rings. The number of anilines is 1. The standard InChI is InChI=1S/C13H14ClN3O2S/c1-6(5-9(15)18)17-13(19)12-11(16)10-7(14)3-2-4-8(10)20-12/h2-4,6H,5,16H2,1H3,(H2,15,18)(H,17,19). The largest absolute Gasteiger partial charge is 0.397 e. The third kappa shape index (κ3) is 2.86. The molecule has 7 heteroatoms. The van der Waals surface area contributed by atoms with Crippen molar-refractivity contribution >= 4 is 50.5 Å². The van der Waals surface area contributed by atoms with Crippen LogP contribution in [-0.2, 0) is 4.79 Å². The monoisotopic (exact) mass is 311 g/mol. The highest BCUT2D eigenvalue weighted by Gasteiger charge is 2.19. The van der Waals surface area contributed by atoms with Gasteiger partial charge >= 0.3 is 0 Å². The summed E-state index contributed by atoms with van der Waals surface area (Å²) in [5.41, 5.74) is 11.4. The van der Waals surface area contributed by atoms with Crippen molar-refractivity contribution in [3.8, 4) is 0 Å². The second-order valence-corrected chi connectivity index (χ2v) is 5.96. The van der Waals surface area contributed by atoms with E-state index in [9.17, 15) is 9.59 Å². The van der Waals surface area contributed by atoms with Gasteiger partial charge in [-0.15, -0.1) is 11.3 Å². The van der Waals surface area contributed by atoms with Crippen LogP contribution >= 0.6 is 22.9 Å². The third-order valence-electron chi connectivity index (χ3n) is 2.79. The van der Waals surface area contributed by atoms with Crippen molar-refractivity contribution in [3.05, 3.63) is 28.1 Å². The van der Waals surface area contributed by atoms with Crippen LogP contribution in [-0.4, -0.2) is 17.9 Å². The third-order valence-corrected chi connectivity index (χ3v) is 4.28. The highest BCUT2D eigenvalue weighted by molar-refractivity contribution is 7.21. The first kappa shape index (κ1) is 14.6. The molecular formula is C13H14ClN3O2S. The molecule has 0 fully saturated rings. The van der Waals surface area contributed by atoms with Crippen molar-refractivity contribution in [2.24, 2.45) is 5.73 Å². The van der Waals surface area contributed by atoms with E-state index in [1.165, 1.54) is 11.3 Å². The Bertz CT molecular complexity index is 684. The van der Waals surface area contributed by atoms with Crippen LogP contribution in [0, 0.1) is 0 Å². The fourth-order valence-corrected chi connectivity index (χ4v) is 3.32. The summed E-state index contributed by atoms with van der Waals surface area (Å²) in [7, 11) is 0. The van der Waals surface area contributed by atoms with Gasteiger partial charge in [0, 0.05) is 22.5 Å². The van der Waals surface area contributed by atoms with Crippen LogP contribution in [0.25, 0.3) is 10.1 Å². The number of carbonyl (C=O) groups is 2. The minimum absolute atomic E-state index is 0.0807. The van der Waals surface area contributed by atoms with Gasteiger partial charge in [0.2, 0.25) is 5.91 Å². The molecule has 1 aromatic heterocycles. The maximum Gasteiger partial charge on any atom is 0.263 e. The fourth-order valence-electron chi connectivity index (χ4n) is 1.94. The molecule has 0 saturated heterocycles. The number of carbonyl (C=O) groups excluding carboxylic acids is 2. The molecule has 0 saturated carbocycles. The lowest BCUT2D eigenvalue weighted by Gasteiger charge is -2.11. The summed E-state index contributed by atoms with van der Waals surface area (Å²) in [4.78, 5) is 23.4. The first-order chi connectivity index (χ1) is 9.40. The summed E-state index contributed by atoms with van der Waals surface area (Å²) < 4.78 is 0.850. The predicted molar refractivity (Wildman–Crippen MR) is 82.0 cm³/mol. The average Bonchev–Trinajstić information content (AvgIpc) is 2.67. The van der Waals surface area contributed by atoms with E-state index < -0.39 is 5.91 Å². The summed E-state index contributed by atoms with van der Waals surface area (Å²) in [6.45, 7) is 1.71. The maximum atomic E-state index is 12.2. The minimum atomic E-state index is -0.467. The Kier molecular flexibility index (Phi) is 4.15. The van der Waals surface area contributed by atoms with E-state index >= 15 is 0 Å². The van der Waals surface area contributed by atoms with Crippen LogP contribution in [0.1, 0.15) is 23.0 Å². The van der Waals surface area contributed by atoms with Gasteiger partial charge in [-0.25, -0.2) is 0 Å². The Balaban J connectivity index is 2.29. The molecular weight excluding hydrogens is 298 g/mol. The number of primary amides is 1. The molecule has 0 aliphatic rings.